The van der Waals surface area contributed by atoms with Crippen molar-refractivity contribution in [1.29, 1.82) is 0 Å². The summed E-state index contributed by atoms with van der Waals surface area (Å²) in [6.07, 6.45) is 7.81. The molecule has 2 nitrogen and oxygen atoms in total. The van der Waals surface area contributed by atoms with Gasteiger partial charge in [-0.15, -0.1) is 0 Å². The van der Waals surface area contributed by atoms with Crippen LogP contribution >= 0.6 is 0 Å². The van der Waals surface area contributed by atoms with Gasteiger partial charge in [-0.05, 0) is 58.8 Å². The molecule has 0 aromatic carbocycles. The van der Waals surface area contributed by atoms with Crippen molar-refractivity contribution in [2.45, 2.75) is 38.5 Å². The SMILES string of the molecule is C=C1CCCN(CCCCCNC)CC1. The highest BCUT2D eigenvalue weighted by Crippen LogP contribution is 2.14. The van der Waals surface area contributed by atoms with Crippen molar-refractivity contribution in [3.05, 3.63) is 12.2 Å². The van der Waals surface area contributed by atoms with Crippen LogP contribution in [-0.4, -0.2) is 38.1 Å². The monoisotopic (exact) mass is 210 g/mol. The van der Waals surface area contributed by atoms with Gasteiger partial charge in [0.15, 0.2) is 0 Å². The summed E-state index contributed by atoms with van der Waals surface area (Å²) in [5, 5.41) is 3.20. The van der Waals surface area contributed by atoms with E-state index in [9.17, 15) is 0 Å². The number of nitrogens with zero attached hydrogens (tertiary/aromatic N) is 1. The zero-order valence-corrected chi connectivity index (χ0v) is 10.2. The minimum Gasteiger partial charge on any atom is -0.320 e. The van der Waals surface area contributed by atoms with Crippen molar-refractivity contribution in [2.24, 2.45) is 0 Å². The summed E-state index contributed by atoms with van der Waals surface area (Å²) in [4.78, 5) is 2.61. The molecule has 0 aromatic rings. The highest BCUT2D eigenvalue weighted by molar-refractivity contribution is 4.96. The van der Waals surface area contributed by atoms with Crippen LogP contribution in [0.25, 0.3) is 0 Å². The molecule has 1 N–H and O–H groups in total. The lowest BCUT2D eigenvalue weighted by Gasteiger charge is -2.19. The summed E-state index contributed by atoms with van der Waals surface area (Å²) in [6.45, 7) is 9.07. The first-order chi connectivity index (χ1) is 7.33. The molecule has 0 aromatic heterocycles. The van der Waals surface area contributed by atoms with Crippen molar-refractivity contribution >= 4 is 0 Å². The molecule has 0 unspecified atom stereocenters. The molecule has 1 aliphatic heterocycles. The van der Waals surface area contributed by atoms with Crippen molar-refractivity contribution < 1.29 is 0 Å². The number of likely N-dealkylation sites (tertiary alicyclic amines) is 1. The summed E-state index contributed by atoms with van der Waals surface area (Å²) >= 11 is 0. The molecule has 0 amide bonds. The van der Waals surface area contributed by atoms with Crippen molar-refractivity contribution in [2.75, 3.05) is 33.2 Å². The Balaban J connectivity index is 2.02. The normalized spacial score (nSPS) is 19.1. The molecule has 0 spiro atoms. The topological polar surface area (TPSA) is 15.3 Å². The van der Waals surface area contributed by atoms with Gasteiger partial charge < -0.3 is 10.2 Å². The maximum Gasteiger partial charge on any atom is 0.00185 e. The van der Waals surface area contributed by atoms with E-state index in [2.05, 4.69) is 16.8 Å². The molecule has 15 heavy (non-hydrogen) atoms. The predicted molar refractivity (Wildman–Crippen MR) is 67.2 cm³/mol. The maximum absolute atomic E-state index is 4.09. The summed E-state index contributed by atoms with van der Waals surface area (Å²) in [5.41, 5.74) is 1.45. The van der Waals surface area contributed by atoms with E-state index in [1.54, 1.807) is 0 Å². The zero-order chi connectivity index (χ0) is 10.9. The minimum atomic E-state index is 1.16. The van der Waals surface area contributed by atoms with E-state index in [0.29, 0.717) is 0 Å². The lowest BCUT2D eigenvalue weighted by atomic mass is 10.1. The third kappa shape index (κ3) is 5.95. The van der Waals surface area contributed by atoms with E-state index in [4.69, 9.17) is 0 Å². The largest absolute Gasteiger partial charge is 0.320 e. The molecule has 1 saturated heterocycles. The predicted octanol–water partition coefficient (Wildman–Crippen LogP) is 2.42. The van der Waals surface area contributed by atoms with Crippen molar-refractivity contribution in [1.82, 2.24) is 10.2 Å². The van der Waals surface area contributed by atoms with Gasteiger partial charge in [0.05, 0.1) is 0 Å². The summed E-state index contributed by atoms with van der Waals surface area (Å²) in [5.74, 6) is 0. The fraction of sp³-hybridized carbons (Fsp3) is 0.846. The van der Waals surface area contributed by atoms with Gasteiger partial charge in [0, 0.05) is 6.54 Å². The Kier molecular flexibility index (Phi) is 6.69. The molecule has 0 saturated carbocycles. The third-order valence-electron chi connectivity index (χ3n) is 3.19. The van der Waals surface area contributed by atoms with Gasteiger partial charge in [-0.25, -0.2) is 0 Å². The Hall–Kier alpha value is -0.340. The first kappa shape index (κ1) is 12.7. The van der Waals surface area contributed by atoms with E-state index < -0.39 is 0 Å². The zero-order valence-electron chi connectivity index (χ0n) is 10.2. The van der Waals surface area contributed by atoms with Crippen LogP contribution in [0.5, 0.6) is 0 Å². The third-order valence-corrected chi connectivity index (χ3v) is 3.19. The van der Waals surface area contributed by atoms with E-state index in [1.165, 1.54) is 63.7 Å². The summed E-state index contributed by atoms with van der Waals surface area (Å²) in [7, 11) is 2.03. The minimum absolute atomic E-state index is 1.16. The van der Waals surface area contributed by atoms with Gasteiger partial charge in [-0.3, -0.25) is 0 Å². The van der Waals surface area contributed by atoms with Gasteiger partial charge in [0.1, 0.15) is 0 Å². The number of nitrogens with one attached hydrogen (secondary N) is 1. The molecule has 1 aliphatic rings. The first-order valence-corrected chi connectivity index (χ1v) is 6.36. The van der Waals surface area contributed by atoms with Crippen molar-refractivity contribution in [3.63, 3.8) is 0 Å². The number of hydrogen-bond acceptors (Lipinski definition) is 2. The molecule has 1 heterocycles. The molecule has 88 valence electrons. The maximum atomic E-state index is 4.09. The molecule has 1 fully saturated rings. The number of hydrogen-bond donors (Lipinski definition) is 1. The first-order valence-electron chi connectivity index (χ1n) is 6.36. The molecular formula is C13H26N2. The molecular weight excluding hydrogens is 184 g/mol. The Labute approximate surface area is 94.7 Å². The van der Waals surface area contributed by atoms with Gasteiger partial charge in [0.25, 0.3) is 0 Å². The van der Waals surface area contributed by atoms with Crippen LogP contribution in [0.3, 0.4) is 0 Å². The Morgan fingerprint density at radius 1 is 1.20 bits per heavy atom. The smallest absolute Gasteiger partial charge is 0.00185 e. The Morgan fingerprint density at radius 2 is 2.07 bits per heavy atom. The lowest BCUT2D eigenvalue weighted by Crippen LogP contribution is -2.25. The van der Waals surface area contributed by atoms with Crippen molar-refractivity contribution in [3.8, 4) is 0 Å². The van der Waals surface area contributed by atoms with Gasteiger partial charge in [-0.1, -0.05) is 18.6 Å². The van der Waals surface area contributed by atoms with E-state index >= 15 is 0 Å². The average Bonchev–Trinajstić information content (AvgIpc) is 2.43. The molecule has 0 aliphatic carbocycles. The Bertz CT molecular complexity index is 177. The summed E-state index contributed by atoms with van der Waals surface area (Å²) in [6, 6.07) is 0. The quantitative estimate of drug-likeness (QED) is 0.535. The molecule has 0 radical (unpaired) electrons. The van der Waals surface area contributed by atoms with Crippen LogP contribution in [-0.2, 0) is 0 Å². The highest BCUT2D eigenvalue weighted by Gasteiger charge is 2.09. The molecule has 1 rings (SSSR count). The van der Waals surface area contributed by atoms with Crippen LogP contribution in [0.1, 0.15) is 38.5 Å². The molecule has 0 atom stereocenters. The van der Waals surface area contributed by atoms with Crippen LogP contribution in [0.15, 0.2) is 12.2 Å². The highest BCUT2D eigenvalue weighted by atomic mass is 15.1. The Morgan fingerprint density at radius 3 is 2.87 bits per heavy atom. The lowest BCUT2D eigenvalue weighted by molar-refractivity contribution is 0.279. The van der Waals surface area contributed by atoms with Crippen LogP contribution in [0.2, 0.25) is 0 Å². The second kappa shape index (κ2) is 7.89. The molecule has 0 bridgehead atoms. The summed E-state index contributed by atoms with van der Waals surface area (Å²) < 4.78 is 0. The second-order valence-electron chi connectivity index (χ2n) is 4.61. The number of unbranched alkanes of at least 4 members (excludes halogenated alkanes) is 2. The van der Waals surface area contributed by atoms with E-state index in [-0.39, 0.29) is 0 Å². The van der Waals surface area contributed by atoms with Crippen LogP contribution in [0.4, 0.5) is 0 Å². The van der Waals surface area contributed by atoms with Gasteiger partial charge in [-0.2, -0.15) is 0 Å². The van der Waals surface area contributed by atoms with E-state index in [0.717, 1.165) is 6.54 Å². The standard InChI is InChI=1S/C13H26N2/c1-13-7-6-11-15(12-8-13)10-5-3-4-9-14-2/h14H,1,3-12H2,2H3. The fourth-order valence-electron chi connectivity index (χ4n) is 2.14. The van der Waals surface area contributed by atoms with E-state index in [1.807, 2.05) is 7.05 Å². The molecule has 2 heteroatoms. The second-order valence-corrected chi connectivity index (χ2v) is 4.61. The van der Waals surface area contributed by atoms with Gasteiger partial charge in [0.2, 0.25) is 0 Å². The van der Waals surface area contributed by atoms with Gasteiger partial charge >= 0.3 is 0 Å². The average molecular weight is 210 g/mol. The number of rotatable bonds is 6. The van der Waals surface area contributed by atoms with Crippen LogP contribution < -0.4 is 5.32 Å². The fourth-order valence-corrected chi connectivity index (χ4v) is 2.14. The van der Waals surface area contributed by atoms with Crippen LogP contribution in [0, 0.1) is 0 Å².